The van der Waals surface area contributed by atoms with Crippen LogP contribution in [0.2, 0.25) is 0 Å². The van der Waals surface area contributed by atoms with Gasteiger partial charge >= 0.3 is 0 Å². The number of ether oxygens (including phenoxy) is 2. The summed E-state index contributed by atoms with van der Waals surface area (Å²) in [6.07, 6.45) is 1.89. The molecule has 1 amide bonds. The molecule has 1 aliphatic rings. The van der Waals surface area contributed by atoms with Gasteiger partial charge in [0.15, 0.2) is 0 Å². The first-order valence-corrected chi connectivity index (χ1v) is 7.28. The average Bonchev–Trinajstić information content (AvgIpc) is 2.98. The summed E-state index contributed by atoms with van der Waals surface area (Å²) in [4.78, 5) is 27.3. The Morgan fingerprint density at radius 1 is 1.48 bits per heavy atom. The Labute approximate surface area is 131 Å². The number of carbonyl (C=O) groups is 1. The van der Waals surface area contributed by atoms with Crippen molar-refractivity contribution in [2.75, 3.05) is 13.2 Å². The van der Waals surface area contributed by atoms with Crippen molar-refractivity contribution in [1.29, 1.82) is 0 Å². The summed E-state index contributed by atoms with van der Waals surface area (Å²) < 4.78 is 16.1. The summed E-state index contributed by atoms with van der Waals surface area (Å²) in [6, 6.07) is 4.52. The monoisotopic (exact) mass is 319 g/mol. The van der Waals surface area contributed by atoms with Crippen LogP contribution in [0.4, 0.5) is 0 Å². The van der Waals surface area contributed by atoms with Crippen molar-refractivity contribution in [3.05, 3.63) is 46.2 Å². The van der Waals surface area contributed by atoms with Gasteiger partial charge in [-0.1, -0.05) is 0 Å². The molecule has 122 valence electrons. The van der Waals surface area contributed by atoms with E-state index >= 15 is 0 Å². The minimum absolute atomic E-state index is 0.0581. The summed E-state index contributed by atoms with van der Waals surface area (Å²) in [6.45, 7) is 2.77. The first-order valence-electron chi connectivity index (χ1n) is 7.28. The lowest BCUT2D eigenvalue weighted by atomic mass is 10.1. The number of nitrogens with one attached hydrogen (secondary N) is 2. The van der Waals surface area contributed by atoms with Gasteiger partial charge in [-0.15, -0.1) is 0 Å². The average molecular weight is 319 g/mol. The first-order chi connectivity index (χ1) is 11.1. The van der Waals surface area contributed by atoms with Gasteiger partial charge in [0, 0.05) is 12.3 Å². The molecule has 1 aliphatic heterocycles. The number of nitrogens with zero attached hydrogens (tertiary/aromatic N) is 1. The SMILES string of the molecule is Cc1ccc(O[C@@H]2COCC[C@@H]2NC(=O)c2cc(=O)[nH]o2)cn1. The van der Waals surface area contributed by atoms with Crippen LogP contribution < -0.4 is 15.6 Å². The number of hydrogen-bond donors (Lipinski definition) is 2. The highest BCUT2D eigenvalue weighted by molar-refractivity contribution is 5.91. The largest absolute Gasteiger partial charge is 0.484 e. The van der Waals surface area contributed by atoms with Gasteiger partial charge in [0.1, 0.15) is 11.9 Å². The zero-order valence-electron chi connectivity index (χ0n) is 12.6. The van der Waals surface area contributed by atoms with Gasteiger partial charge in [0.25, 0.3) is 11.5 Å². The zero-order chi connectivity index (χ0) is 16.2. The predicted octanol–water partition coefficient (Wildman–Crippen LogP) is 0.638. The normalized spacial score (nSPS) is 20.9. The van der Waals surface area contributed by atoms with E-state index in [4.69, 9.17) is 14.0 Å². The Balaban J connectivity index is 1.67. The van der Waals surface area contributed by atoms with Crippen LogP contribution in [0.1, 0.15) is 22.7 Å². The molecule has 0 aromatic carbocycles. The Morgan fingerprint density at radius 2 is 2.35 bits per heavy atom. The Morgan fingerprint density at radius 3 is 3.04 bits per heavy atom. The fraction of sp³-hybridized carbons (Fsp3) is 0.400. The van der Waals surface area contributed by atoms with Crippen LogP contribution in [-0.4, -0.2) is 41.4 Å². The van der Waals surface area contributed by atoms with Gasteiger partial charge in [-0.25, -0.2) is 0 Å². The number of H-pyrrole nitrogens is 1. The number of hydrogen-bond acceptors (Lipinski definition) is 6. The molecule has 0 radical (unpaired) electrons. The lowest BCUT2D eigenvalue weighted by molar-refractivity contribution is -0.0139. The number of pyridine rings is 1. The van der Waals surface area contributed by atoms with Crippen molar-refractivity contribution in [3.8, 4) is 5.75 Å². The molecule has 1 saturated heterocycles. The van der Waals surface area contributed by atoms with E-state index in [0.29, 0.717) is 25.4 Å². The number of amides is 1. The summed E-state index contributed by atoms with van der Waals surface area (Å²) in [5, 5.41) is 4.90. The molecule has 0 aliphatic carbocycles. The second-order valence-electron chi connectivity index (χ2n) is 5.31. The zero-order valence-corrected chi connectivity index (χ0v) is 12.6. The van der Waals surface area contributed by atoms with Crippen molar-refractivity contribution < 1.29 is 18.8 Å². The summed E-state index contributed by atoms with van der Waals surface area (Å²) in [7, 11) is 0. The van der Waals surface area contributed by atoms with E-state index in [1.165, 1.54) is 0 Å². The van der Waals surface area contributed by atoms with E-state index in [1.54, 1.807) is 6.20 Å². The van der Waals surface area contributed by atoms with Crippen molar-refractivity contribution in [3.63, 3.8) is 0 Å². The third-order valence-electron chi connectivity index (χ3n) is 3.54. The molecule has 1 fully saturated rings. The molecule has 8 nitrogen and oxygen atoms in total. The van der Waals surface area contributed by atoms with E-state index < -0.39 is 11.5 Å². The van der Waals surface area contributed by atoms with E-state index in [9.17, 15) is 9.59 Å². The molecule has 3 heterocycles. The van der Waals surface area contributed by atoms with Gasteiger partial charge in [0.2, 0.25) is 5.76 Å². The van der Waals surface area contributed by atoms with Gasteiger partial charge in [-0.3, -0.25) is 14.6 Å². The molecule has 0 bridgehead atoms. The topological polar surface area (TPSA) is 106 Å². The molecular formula is C15H17N3O5. The molecule has 2 N–H and O–H groups in total. The lowest BCUT2D eigenvalue weighted by Gasteiger charge is -2.32. The van der Waals surface area contributed by atoms with Gasteiger partial charge in [0.05, 0.1) is 24.9 Å². The minimum atomic E-state index is -0.467. The molecule has 2 aromatic rings. The molecular weight excluding hydrogens is 302 g/mol. The number of aromatic nitrogens is 2. The maximum absolute atomic E-state index is 12.1. The summed E-state index contributed by atoms with van der Waals surface area (Å²) >= 11 is 0. The highest BCUT2D eigenvalue weighted by atomic mass is 16.5. The highest BCUT2D eigenvalue weighted by Gasteiger charge is 2.30. The second-order valence-corrected chi connectivity index (χ2v) is 5.31. The second kappa shape index (κ2) is 6.66. The molecule has 0 spiro atoms. The Hall–Kier alpha value is -2.61. The van der Waals surface area contributed by atoms with Crippen molar-refractivity contribution in [2.24, 2.45) is 0 Å². The van der Waals surface area contributed by atoms with Crippen LogP contribution in [0.15, 0.2) is 33.7 Å². The number of aromatic amines is 1. The van der Waals surface area contributed by atoms with Crippen LogP contribution >= 0.6 is 0 Å². The number of rotatable bonds is 4. The lowest BCUT2D eigenvalue weighted by Crippen LogP contribution is -2.51. The third kappa shape index (κ3) is 3.78. The van der Waals surface area contributed by atoms with Crippen molar-refractivity contribution in [1.82, 2.24) is 15.5 Å². The standard InChI is InChI=1S/C15H17N3O5/c1-9-2-3-10(7-16-9)22-13-8-21-5-4-11(13)17-15(20)12-6-14(19)18-23-12/h2-3,6-7,11,13H,4-5,8H2,1H3,(H,17,20)(H,18,19)/t11-,13+/m0/s1. The van der Waals surface area contributed by atoms with Crippen LogP contribution in [0, 0.1) is 6.92 Å². The van der Waals surface area contributed by atoms with Crippen LogP contribution in [0.5, 0.6) is 5.75 Å². The van der Waals surface area contributed by atoms with Crippen molar-refractivity contribution >= 4 is 5.91 Å². The van der Waals surface area contributed by atoms with Gasteiger partial charge < -0.3 is 19.3 Å². The van der Waals surface area contributed by atoms with Gasteiger partial charge in [-0.2, -0.15) is 5.16 Å². The van der Waals surface area contributed by atoms with Crippen LogP contribution in [0.3, 0.4) is 0 Å². The van der Waals surface area contributed by atoms with Crippen molar-refractivity contribution in [2.45, 2.75) is 25.5 Å². The summed E-state index contributed by atoms with van der Waals surface area (Å²) in [5.41, 5.74) is 0.435. The number of aryl methyl sites for hydroxylation is 1. The fourth-order valence-electron chi connectivity index (χ4n) is 2.33. The first kappa shape index (κ1) is 15.3. The molecule has 2 atom stereocenters. The van der Waals surface area contributed by atoms with E-state index in [2.05, 4.69) is 15.5 Å². The minimum Gasteiger partial charge on any atom is -0.484 e. The maximum Gasteiger partial charge on any atom is 0.290 e. The Bertz CT molecular complexity index is 721. The molecule has 8 heteroatoms. The molecule has 3 rings (SSSR count). The third-order valence-corrected chi connectivity index (χ3v) is 3.54. The Kier molecular flexibility index (Phi) is 4.42. The highest BCUT2D eigenvalue weighted by Crippen LogP contribution is 2.17. The molecule has 0 saturated carbocycles. The molecule has 23 heavy (non-hydrogen) atoms. The van der Waals surface area contributed by atoms with E-state index in [1.807, 2.05) is 19.1 Å². The van der Waals surface area contributed by atoms with E-state index in [0.717, 1.165) is 11.8 Å². The molecule has 2 aromatic heterocycles. The fourth-order valence-corrected chi connectivity index (χ4v) is 2.33. The smallest absolute Gasteiger partial charge is 0.290 e. The van der Waals surface area contributed by atoms with Gasteiger partial charge in [-0.05, 0) is 25.5 Å². The van der Waals surface area contributed by atoms with Crippen LogP contribution in [0.25, 0.3) is 0 Å². The van der Waals surface area contributed by atoms with Crippen LogP contribution in [-0.2, 0) is 4.74 Å². The van der Waals surface area contributed by atoms with E-state index in [-0.39, 0.29) is 17.9 Å². The maximum atomic E-state index is 12.1. The quantitative estimate of drug-likeness (QED) is 0.856. The summed E-state index contributed by atoms with van der Waals surface area (Å²) in [5.74, 6) is 0.0849. The number of carbonyl (C=O) groups excluding carboxylic acids is 1. The molecule has 0 unspecified atom stereocenters. The predicted molar refractivity (Wildman–Crippen MR) is 79.4 cm³/mol.